The van der Waals surface area contributed by atoms with Crippen molar-refractivity contribution in [2.75, 3.05) is 0 Å². The van der Waals surface area contributed by atoms with Gasteiger partial charge in [-0.1, -0.05) is 24.3 Å². The van der Waals surface area contributed by atoms with Crippen LogP contribution < -0.4 is 11.3 Å². The molecule has 0 amide bonds. The molecule has 0 fully saturated rings. The molecule has 18 heavy (non-hydrogen) atoms. The van der Waals surface area contributed by atoms with Gasteiger partial charge in [-0.3, -0.25) is 11.3 Å². The first-order valence-corrected chi connectivity index (χ1v) is 6.04. The summed E-state index contributed by atoms with van der Waals surface area (Å²) >= 11 is 0. The van der Waals surface area contributed by atoms with Crippen LogP contribution in [0.4, 0.5) is 0 Å². The molecule has 1 aromatic carbocycles. The Kier molecular flexibility index (Phi) is 2.81. The van der Waals surface area contributed by atoms with Gasteiger partial charge in [-0.25, -0.2) is 0 Å². The fourth-order valence-corrected chi connectivity index (χ4v) is 2.58. The minimum absolute atomic E-state index is 0.157. The van der Waals surface area contributed by atoms with Gasteiger partial charge in [0.2, 0.25) is 0 Å². The monoisotopic (exact) mass is 244 g/mol. The molecule has 1 heterocycles. The quantitative estimate of drug-likeness (QED) is 0.581. The van der Waals surface area contributed by atoms with Crippen molar-refractivity contribution in [1.29, 1.82) is 0 Å². The predicted octanol–water partition coefficient (Wildman–Crippen LogP) is -0.0756. The smallest absolute Gasteiger partial charge is 0.176 e. The molecule has 2 unspecified atom stereocenters. The van der Waals surface area contributed by atoms with Crippen LogP contribution in [0.3, 0.4) is 0 Å². The number of hydrazine groups is 1. The molecule has 6 nitrogen and oxygen atoms in total. The molecular weight excluding hydrogens is 228 g/mol. The van der Waals surface area contributed by atoms with Crippen LogP contribution in [0.25, 0.3) is 0 Å². The number of aromatic nitrogens is 4. The highest BCUT2D eigenvalue weighted by atomic mass is 15.6. The number of nitrogens with one attached hydrogen (secondary N) is 1. The number of nitrogens with two attached hydrogens (primary N) is 1. The van der Waals surface area contributed by atoms with Crippen LogP contribution in [-0.4, -0.2) is 26.2 Å². The molecule has 94 valence electrons. The topological polar surface area (TPSA) is 81.7 Å². The van der Waals surface area contributed by atoms with Crippen LogP contribution >= 0.6 is 0 Å². The molecule has 0 aliphatic heterocycles. The van der Waals surface area contributed by atoms with Gasteiger partial charge in [0, 0.05) is 18.4 Å². The van der Waals surface area contributed by atoms with Crippen LogP contribution in [0.1, 0.15) is 22.9 Å². The summed E-state index contributed by atoms with van der Waals surface area (Å²) in [5.74, 6) is 6.83. The molecule has 1 aliphatic carbocycles. The average molecular weight is 244 g/mol. The van der Waals surface area contributed by atoms with Crippen molar-refractivity contribution in [3.8, 4) is 0 Å². The normalized spacial score (nSPS) is 19.1. The first kappa shape index (κ1) is 11.3. The van der Waals surface area contributed by atoms with Gasteiger partial charge >= 0.3 is 0 Å². The van der Waals surface area contributed by atoms with Crippen LogP contribution in [0.15, 0.2) is 24.3 Å². The third-order valence-electron chi connectivity index (χ3n) is 3.55. The summed E-state index contributed by atoms with van der Waals surface area (Å²) in [6.07, 6.45) is 1.76. The van der Waals surface area contributed by atoms with E-state index in [0.29, 0.717) is 12.3 Å². The first-order valence-electron chi connectivity index (χ1n) is 6.04. The number of benzene rings is 1. The molecule has 0 saturated carbocycles. The first-order chi connectivity index (χ1) is 8.78. The van der Waals surface area contributed by atoms with Crippen molar-refractivity contribution < 1.29 is 0 Å². The molecule has 1 aromatic heterocycles. The lowest BCUT2D eigenvalue weighted by Crippen LogP contribution is -2.45. The zero-order chi connectivity index (χ0) is 12.5. The zero-order valence-corrected chi connectivity index (χ0v) is 10.2. The van der Waals surface area contributed by atoms with E-state index in [-0.39, 0.29) is 6.04 Å². The van der Waals surface area contributed by atoms with Crippen molar-refractivity contribution >= 4 is 0 Å². The maximum Gasteiger partial charge on any atom is 0.176 e. The molecule has 6 heteroatoms. The van der Waals surface area contributed by atoms with Gasteiger partial charge < -0.3 is 0 Å². The maximum absolute atomic E-state index is 5.66. The van der Waals surface area contributed by atoms with E-state index in [1.807, 2.05) is 0 Å². The SMILES string of the molecule is Cn1nnc(CC(NN)C2Cc3ccccc32)n1. The van der Waals surface area contributed by atoms with Gasteiger partial charge in [-0.05, 0) is 22.8 Å². The van der Waals surface area contributed by atoms with Gasteiger partial charge in [-0.2, -0.15) is 4.80 Å². The molecule has 0 bridgehead atoms. The van der Waals surface area contributed by atoms with Gasteiger partial charge in [0.15, 0.2) is 5.82 Å². The van der Waals surface area contributed by atoms with Crippen LogP contribution in [0, 0.1) is 0 Å². The molecule has 3 N–H and O–H groups in total. The Labute approximate surface area is 105 Å². The van der Waals surface area contributed by atoms with Crippen molar-refractivity contribution in [3.05, 3.63) is 41.2 Å². The summed E-state index contributed by atoms with van der Waals surface area (Å²) in [6.45, 7) is 0. The Balaban J connectivity index is 1.75. The molecular formula is C12H16N6. The third kappa shape index (κ3) is 1.89. The highest BCUT2D eigenvalue weighted by molar-refractivity contribution is 5.41. The predicted molar refractivity (Wildman–Crippen MR) is 66.5 cm³/mol. The van der Waals surface area contributed by atoms with E-state index < -0.39 is 0 Å². The molecule has 3 rings (SSSR count). The standard InChI is InChI=1S/C12H16N6/c1-18-16-12(15-17-18)7-11(14-13)10-6-8-4-2-3-5-9(8)10/h2-5,10-11,14H,6-7,13H2,1H3. The largest absolute Gasteiger partial charge is 0.271 e. The molecule has 2 atom stereocenters. The van der Waals surface area contributed by atoms with Crippen molar-refractivity contribution in [2.45, 2.75) is 24.8 Å². The number of rotatable bonds is 4. The zero-order valence-electron chi connectivity index (χ0n) is 10.2. The fraction of sp³-hybridized carbons (Fsp3) is 0.417. The molecule has 0 spiro atoms. The van der Waals surface area contributed by atoms with E-state index in [1.165, 1.54) is 15.9 Å². The van der Waals surface area contributed by atoms with E-state index in [2.05, 4.69) is 45.1 Å². The van der Waals surface area contributed by atoms with Crippen molar-refractivity contribution in [3.63, 3.8) is 0 Å². The van der Waals surface area contributed by atoms with E-state index in [0.717, 1.165) is 12.2 Å². The summed E-state index contributed by atoms with van der Waals surface area (Å²) in [4.78, 5) is 1.47. The molecule has 2 aromatic rings. The number of fused-ring (bicyclic) bond motifs is 1. The fourth-order valence-electron chi connectivity index (χ4n) is 2.58. The Morgan fingerprint density at radius 1 is 1.50 bits per heavy atom. The Bertz CT molecular complexity index is 549. The van der Waals surface area contributed by atoms with Gasteiger partial charge in [0.05, 0.1) is 7.05 Å². The minimum atomic E-state index is 0.157. The third-order valence-corrected chi connectivity index (χ3v) is 3.55. The second kappa shape index (κ2) is 4.47. The Hall–Kier alpha value is -1.79. The van der Waals surface area contributed by atoms with E-state index in [9.17, 15) is 0 Å². The van der Waals surface area contributed by atoms with E-state index in [4.69, 9.17) is 5.84 Å². The number of hydrogen-bond donors (Lipinski definition) is 2. The highest BCUT2D eigenvalue weighted by Crippen LogP contribution is 2.37. The van der Waals surface area contributed by atoms with Crippen LogP contribution in [0.2, 0.25) is 0 Å². The lowest BCUT2D eigenvalue weighted by molar-refractivity contribution is 0.397. The van der Waals surface area contributed by atoms with Crippen molar-refractivity contribution in [1.82, 2.24) is 25.6 Å². The second-order valence-corrected chi connectivity index (χ2v) is 4.68. The Morgan fingerprint density at radius 2 is 2.33 bits per heavy atom. The number of aryl methyl sites for hydroxylation is 1. The van der Waals surface area contributed by atoms with Crippen LogP contribution in [-0.2, 0) is 19.9 Å². The molecule has 1 aliphatic rings. The molecule has 0 radical (unpaired) electrons. The summed E-state index contributed by atoms with van der Waals surface area (Å²) in [5.41, 5.74) is 5.68. The molecule has 0 saturated heterocycles. The summed E-state index contributed by atoms with van der Waals surface area (Å²) in [5, 5.41) is 12.0. The summed E-state index contributed by atoms with van der Waals surface area (Å²) < 4.78 is 0. The second-order valence-electron chi connectivity index (χ2n) is 4.68. The van der Waals surface area contributed by atoms with Gasteiger partial charge in [0.25, 0.3) is 0 Å². The van der Waals surface area contributed by atoms with Gasteiger partial charge in [0.1, 0.15) is 0 Å². The number of hydrogen-bond acceptors (Lipinski definition) is 5. The summed E-state index contributed by atoms with van der Waals surface area (Å²) in [7, 11) is 1.76. The Morgan fingerprint density at radius 3 is 3.00 bits per heavy atom. The lowest BCUT2D eigenvalue weighted by atomic mass is 9.73. The van der Waals surface area contributed by atoms with Gasteiger partial charge in [-0.15, -0.1) is 10.2 Å². The lowest BCUT2D eigenvalue weighted by Gasteiger charge is -2.35. The number of tetrazole rings is 1. The highest BCUT2D eigenvalue weighted by Gasteiger charge is 2.32. The van der Waals surface area contributed by atoms with E-state index in [1.54, 1.807) is 7.05 Å². The minimum Gasteiger partial charge on any atom is -0.271 e. The average Bonchev–Trinajstić information content (AvgIpc) is 2.75. The van der Waals surface area contributed by atoms with Crippen LogP contribution in [0.5, 0.6) is 0 Å². The van der Waals surface area contributed by atoms with E-state index >= 15 is 0 Å². The summed E-state index contributed by atoms with van der Waals surface area (Å²) in [6, 6.07) is 8.63. The van der Waals surface area contributed by atoms with Crippen molar-refractivity contribution in [2.24, 2.45) is 12.9 Å². The number of nitrogens with zero attached hydrogens (tertiary/aromatic N) is 4. The maximum atomic E-state index is 5.66.